The standard InChI is InChI=1S/C20H20BrN5O4/c21-13-2-3-14-15(11-26(12-17(27)28)16(14)10-13)18(19(29)30)24-6-8-25(9-7-24)20-22-4-1-5-23-20/h1-5,10-11,18H,6-9,12H2,(H,27,28)(H,29,30)/t18-/m0/s1. The minimum Gasteiger partial charge on any atom is -0.480 e. The van der Waals surface area contributed by atoms with E-state index in [2.05, 4.69) is 25.9 Å². The minimum absolute atomic E-state index is 0.238. The van der Waals surface area contributed by atoms with Crippen LogP contribution in [-0.2, 0) is 16.1 Å². The summed E-state index contributed by atoms with van der Waals surface area (Å²) < 4.78 is 2.39. The SMILES string of the molecule is O=C(O)Cn1cc([C@@H](C(=O)O)N2CCN(c3ncccn3)CC2)c2ccc(Br)cc21. The van der Waals surface area contributed by atoms with Gasteiger partial charge in [0.05, 0.1) is 5.52 Å². The molecule has 30 heavy (non-hydrogen) atoms. The first-order chi connectivity index (χ1) is 14.4. The molecule has 1 saturated heterocycles. The second-order valence-electron chi connectivity index (χ2n) is 7.08. The molecule has 0 bridgehead atoms. The monoisotopic (exact) mass is 473 g/mol. The van der Waals surface area contributed by atoms with E-state index in [0.717, 1.165) is 9.86 Å². The van der Waals surface area contributed by atoms with Gasteiger partial charge in [-0.05, 0) is 18.2 Å². The summed E-state index contributed by atoms with van der Waals surface area (Å²) in [5.74, 6) is -1.31. The molecule has 1 fully saturated rings. The Hall–Kier alpha value is -2.98. The Labute approximate surface area is 180 Å². The van der Waals surface area contributed by atoms with Gasteiger partial charge in [-0.25, -0.2) is 9.97 Å². The molecule has 2 N–H and O–H groups in total. The number of rotatable bonds is 6. The highest BCUT2D eigenvalue weighted by molar-refractivity contribution is 9.10. The lowest BCUT2D eigenvalue weighted by Gasteiger charge is -2.37. The number of aliphatic carboxylic acids is 2. The first-order valence-electron chi connectivity index (χ1n) is 9.43. The lowest BCUT2D eigenvalue weighted by atomic mass is 10.0. The van der Waals surface area contributed by atoms with Crippen molar-refractivity contribution in [3.8, 4) is 0 Å². The third kappa shape index (κ3) is 4.01. The van der Waals surface area contributed by atoms with E-state index in [1.54, 1.807) is 29.2 Å². The van der Waals surface area contributed by atoms with Crippen molar-refractivity contribution < 1.29 is 19.8 Å². The molecule has 4 rings (SSSR count). The van der Waals surface area contributed by atoms with E-state index in [-0.39, 0.29) is 6.54 Å². The third-order valence-electron chi connectivity index (χ3n) is 5.22. The maximum Gasteiger partial charge on any atom is 0.325 e. The second kappa shape index (κ2) is 8.41. The Bertz CT molecular complexity index is 1080. The molecule has 0 aliphatic carbocycles. The van der Waals surface area contributed by atoms with Crippen LogP contribution in [0, 0.1) is 0 Å². The number of fused-ring (bicyclic) bond motifs is 1. The van der Waals surface area contributed by atoms with Crippen molar-refractivity contribution in [1.29, 1.82) is 0 Å². The maximum absolute atomic E-state index is 12.3. The number of nitrogens with zero attached hydrogens (tertiary/aromatic N) is 5. The average molecular weight is 474 g/mol. The van der Waals surface area contributed by atoms with Crippen LogP contribution in [0.5, 0.6) is 0 Å². The van der Waals surface area contributed by atoms with Gasteiger partial charge in [0.1, 0.15) is 12.6 Å². The van der Waals surface area contributed by atoms with E-state index >= 15 is 0 Å². The molecule has 10 heteroatoms. The first kappa shape index (κ1) is 20.3. The molecule has 1 aliphatic rings. The van der Waals surface area contributed by atoms with E-state index in [0.29, 0.717) is 43.2 Å². The largest absolute Gasteiger partial charge is 0.480 e. The van der Waals surface area contributed by atoms with Crippen LogP contribution < -0.4 is 4.90 Å². The van der Waals surface area contributed by atoms with E-state index in [1.807, 2.05) is 28.0 Å². The number of hydrogen-bond acceptors (Lipinski definition) is 6. The van der Waals surface area contributed by atoms with Crippen LogP contribution in [0.15, 0.2) is 47.3 Å². The molecule has 0 unspecified atom stereocenters. The van der Waals surface area contributed by atoms with Gasteiger partial charge in [-0.15, -0.1) is 0 Å². The zero-order valence-corrected chi connectivity index (χ0v) is 17.6. The summed E-state index contributed by atoms with van der Waals surface area (Å²) in [6.07, 6.45) is 5.02. The van der Waals surface area contributed by atoms with E-state index in [1.165, 1.54) is 0 Å². The molecule has 0 spiro atoms. The Kier molecular flexibility index (Phi) is 5.69. The maximum atomic E-state index is 12.3. The Morgan fingerprint density at radius 2 is 1.80 bits per heavy atom. The number of hydrogen-bond donors (Lipinski definition) is 2. The van der Waals surface area contributed by atoms with Crippen LogP contribution in [0.25, 0.3) is 10.9 Å². The Morgan fingerprint density at radius 1 is 1.10 bits per heavy atom. The highest BCUT2D eigenvalue weighted by Crippen LogP contribution is 2.33. The Balaban J connectivity index is 1.65. The molecule has 1 aliphatic heterocycles. The van der Waals surface area contributed by atoms with Crippen molar-refractivity contribution >= 4 is 44.7 Å². The van der Waals surface area contributed by atoms with Gasteiger partial charge in [-0.3, -0.25) is 14.5 Å². The lowest BCUT2D eigenvalue weighted by Crippen LogP contribution is -2.49. The molecule has 0 amide bonds. The fraction of sp³-hybridized carbons (Fsp3) is 0.300. The summed E-state index contributed by atoms with van der Waals surface area (Å²) >= 11 is 3.41. The lowest BCUT2D eigenvalue weighted by molar-refractivity contribution is -0.143. The highest BCUT2D eigenvalue weighted by atomic mass is 79.9. The molecule has 156 valence electrons. The van der Waals surface area contributed by atoms with Gasteiger partial charge < -0.3 is 19.7 Å². The van der Waals surface area contributed by atoms with E-state index in [4.69, 9.17) is 0 Å². The average Bonchev–Trinajstić information content (AvgIpc) is 3.05. The molecule has 0 radical (unpaired) electrons. The number of carbonyl (C=O) groups is 2. The van der Waals surface area contributed by atoms with Crippen molar-refractivity contribution in [3.05, 3.63) is 52.9 Å². The predicted molar refractivity (Wildman–Crippen MR) is 113 cm³/mol. The van der Waals surface area contributed by atoms with Gasteiger partial charge in [-0.1, -0.05) is 22.0 Å². The van der Waals surface area contributed by atoms with Crippen LogP contribution in [0.2, 0.25) is 0 Å². The summed E-state index contributed by atoms with van der Waals surface area (Å²) in [7, 11) is 0. The number of aromatic nitrogens is 3. The van der Waals surface area contributed by atoms with Gasteiger partial charge >= 0.3 is 11.9 Å². The Morgan fingerprint density at radius 3 is 2.43 bits per heavy atom. The molecule has 3 heterocycles. The number of piperazine rings is 1. The van der Waals surface area contributed by atoms with Crippen LogP contribution in [0.4, 0.5) is 5.95 Å². The van der Waals surface area contributed by atoms with Crippen molar-refractivity contribution in [2.75, 3.05) is 31.1 Å². The van der Waals surface area contributed by atoms with E-state index < -0.39 is 18.0 Å². The second-order valence-corrected chi connectivity index (χ2v) is 8.00. The normalized spacial score (nSPS) is 16.0. The van der Waals surface area contributed by atoms with Crippen molar-refractivity contribution in [2.45, 2.75) is 12.6 Å². The smallest absolute Gasteiger partial charge is 0.325 e. The minimum atomic E-state index is -0.984. The van der Waals surface area contributed by atoms with Crippen LogP contribution in [-0.4, -0.2) is 67.8 Å². The predicted octanol–water partition coefficient (Wildman–Crippen LogP) is 2.23. The van der Waals surface area contributed by atoms with Crippen molar-refractivity contribution in [1.82, 2.24) is 19.4 Å². The van der Waals surface area contributed by atoms with Gasteiger partial charge in [0.25, 0.3) is 0 Å². The van der Waals surface area contributed by atoms with Crippen molar-refractivity contribution in [2.24, 2.45) is 0 Å². The summed E-state index contributed by atoms with van der Waals surface area (Å²) in [6, 6.07) is 6.36. The first-order valence-corrected chi connectivity index (χ1v) is 10.2. The summed E-state index contributed by atoms with van der Waals surface area (Å²) in [5.41, 5.74) is 1.28. The number of carboxylic acid groups (broad SMARTS) is 2. The molecule has 1 aromatic carbocycles. The van der Waals surface area contributed by atoms with Crippen LogP contribution in [0.1, 0.15) is 11.6 Å². The number of halogens is 1. The zero-order valence-electron chi connectivity index (χ0n) is 16.0. The zero-order chi connectivity index (χ0) is 21.3. The van der Waals surface area contributed by atoms with Gasteiger partial charge in [0, 0.05) is 60.2 Å². The van der Waals surface area contributed by atoms with E-state index in [9.17, 15) is 19.8 Å². The highest BCUT2D eigenvalue weighted by Gasteiger charge is 2.33. The fourth-order valence-corrected chi connectivity index (χ4v) is 4.26. The number of carboxylic acids is 2. The van der Waals surface area contributed by atoms with Crippen LogP contribution >= 0.6 is 15.9 Å². The third-order valence-corrected chi connectivity index (χ3v) is 5.72. The summed E-state index contributed by atoms with van der Waals surface area (Å²) in [5, 5.41) is 20.1. The molecular formula is C20H20BrN5O4. The molecule has 9 nitrogen and oxygen atoms in total. The van der Waals surface area contributed by atoms with Crippen molar-refractivity contribution in [3.63, 3.8) is 0 Å². The van der Waals surface area contributed by atoms with Gasteiger partial charge in [-0.2, -0.15) is 0 Å². The summed E-state index contributed by atoms with van der Waals surface area (Å²) in [6.45, 7) is 2.02. The topological polar surface area (TPSA) is 112 Å². The molecule has 0 saturated carbocycles. The fourth-order valence-electron chi connectivity index (χ4n) is 3.91. The quantitative estimate of drug-likeness (QED) is 0.560. The van der Waals surface area contributed by atoms with Gasteiger partial charge in [0.2, 0.25) is 5.95 Å². The molecule has 2 aromatic heterocycles. The van der Waals surface area contributed by atoms with Crippen LogP contribution in [0.3, 0.4) is 0 Å². The molecular weight excluding hydrogens is 454 g/mol. The molecule has 3 aromatic rings. The number of benzene rings is 1. The molecule has 1 atom stereocenters. The number of anilines is 1. The summed E-state index contributed by atoms with van der Waals surface area (Å²) in [4.78, 5) is 36.0. The van der Waals surface area contributed by atoms with Gasteiger partial charge in [0.15, 0.2) is 0 Å².